The molecule has 2 aromatic rings. The van der Waals surface area contributed by atoms with E-state index in [0.717, 1.165) is 18.4 Å². The van der Waals surface area contributed by atoms with Gasteiger partial charge in [-0.15, -0.1) is 11.3 Å². The van der Waals surface area contributed by atoms with Gasteiger partial charge in [-0.25, -0.2) is 0 Å². The van der Waals surface area contributed by atoms with Gasteiger partial charge in [-0.2, -0.15) is 0 Å². The van der Waals surface area contributed by atoms with Crippen LogP contribution >= 0.6 is 11.3 Å². The molecule has 1 aromatic carbocycles. The molecule has 1 aliphatic heterocycles. The van der Waals surface area contributed by atoms with Crippen molar-refractivity contribution in [3.8, 4) is 0 Å². The molecule has 1 aromatic heterocycles. The molecule has 1 N–H and O–H groups in total. The molecule has 1 saturated carbocycles. The van der Waals surface area contributed by atoms with Crippen LogP contribution in [0.4, 0.5) is 0 Å². The van der Waals surface area contributed by atoms with Crippen LogP contribution < -0.4 is 5.32 Å². The van der Waals surface area contributed by atoms with Gasteiger partial charge in [0.05, 0.1) is 4.88 Å². The average molecular weight is 398 g/mol. The first-order chi connectivity index (χ1) is 13.6. The number of carbonyl (C=O) groups excluding carboxylic acids is 3. The maximum Gasteiger partial charge on any atom is 0.262 e. The van der Waals surface area contributed by atoms with Crippen molar-refractivity contribution in [3.05, 3.63) is 58.3 Å². The zero-order valence-corrected chi connectivity index (χ0v) is 16.4. The summed E-state index contributed by atoms with van der Waals surface area (Å²) in [4.78, 5) is 42.2. The lowest BCUT2D eigenvalue weighted by Gasteiger charge is -2.36. The second kappa shape index (κ2) is 8.14. The first kappa shape index (κ1) is 18.7. The number of amides is 3. The Kier molecular flexibility index (Phi) is 5.43. The molecule has 0 spiro atoms. The zero-order valence-electron chi connectivity index (χ0n) is 15.5. The fourth-order valence-corrected chi connectivity index (χ4v) is 4.09. The molecule has 1 saturated heterocycles. The van der Waals surface area contributed by atoms with E-state index in [1.165, 1.54) is 11.3 Å². The van der Waals surface area contributed by atoms with Crippen molar-refractivity contribution in [3.63, 3.8) is 0 Å². The van der Waals surface area contributed by atoms with E-state index < -0.39 is 6.04 Å². The minimum absolute atomic E-state index is 0.130. The van der Waals surface area contributed by atoms with Crippen LogP contribution in [-0.2, 0) is 9.59 Å². The Balaban J connectivity index is 1.46. The van der Waals surface area contributed by atoms with E-state index in [2.05, 4.69) is 5.32 Å². The third-order valence-electron chi connectivity index (χ3n) is 5.23. The van der Waals surface area contributed by atoms with Gasteiger partial charge in [0.2, 0.25) is 11.8 Å². The molecule has 6 nitrogen and oxygen atoms in total. The van der Waals surface area contributed by atoms with Crippen molar-refractivity contribution in [1.29, 1.82) is 0 Å². The van der Waals surface area contributed by atoms with Crippen LogP contribution in [0.15, 0.2) is 47.8 Å². The van der Waals surface area contributed by atoms with Gasteiger partial charge in [-0.3, -0.25) is 14.4 Å². The van der Waals surface area contributed by atoms with Gasteiger partial charge in [0.1, 0.15) is 6.04 Å². The normalized spacial score (nSPS) is 17.9. The van der Waals surface area contributed by atoms with Crippen LogP contribution in [0.3, 0.4) is 0 Å². The summed E-state index contributed by atoms with van der Waals surface area (Å²) in [6.07, 6.45) is 1.98. The Hall–Kier alpha value is -2.67. The third kappa shape index (κ3) is 4.09. The summed E-state index contributed by atoms with van der Waals surface area (Å²) >= 11 is 1.35. The van der Waals surface area contributed by atoms with E-state index in [-0.39, 0.29) is 23.6 Å². The SMILES string of the molecule is O=C(N[C@H](C(=O)N1CCN(C(=O)C2CC2)CC1)c1ccccc1)c1cccs1. The molecule has 1 atom stereocenters. The highest BCUT2D eigenvalue weighted by Gasteiger charge is 2.36. The van der Waals surface area contributed by atoms with Crippen molar-refractivity contribution in [2.45, 2.75) is 18.9 Å². The van der Waals surface area contributed by atoms with Crippen molar-refractivity contribution in [2.24, 2.45) is 5.92 Å². The third-order valence-corrected chi connectivity index (χ3v) is 6.10. The fourth-order valence-electron chi connectivity index (χ4n) is 3.46. The number of rotatable bonds is 5. The average Bonchev–Trinajstić information content (AvgIpc) is 3.45. The number of thiophene rings is 1. The molecule has 0 radical (unpaired) electrons. The van der Waals surface area contributed by atoms with Crippen molar-refractivity contribution < 1.29 is 14.4 Å². The topological polar surface area (TPSA) is 69.7 Å². The number of hydrogen-bond acceptors (Lipinski definition) is 4. The molecule has 2 heterocycles. The maximum absolute atomic E-state index is 13.2. The molecule has 1 aliphatic carbocycles. The van der Waals surface area contributed by atoms with E-state index in [0.29, 0.717) is 31.1 Å². The van der Waals surface area contributed by atoms with Gasteiger partial charge in [0.15, 0.2) is 0 Å². The van der Waals surface area contributed by atoms with E-state index in [9.17, 15) is 14.4 Å². The Morgan fingerprint density at radius 3 is 2.21 bits per heavy atom. The van der Waals surface area contributed by atoms with Crippen molar-refractivity contribution in [1.82, 2.24) is 15.1 Å². The van der Waals surface area contributed by atoms with Gasteiger partial charge < -0.3 is 15.1 Å². The molecular weight excluding hydrogens is 374 g/mol. The van der Waals surface area contributed by atoms with Gasteiger partial charge in [0, 0.05) is 32.1 Å². The molecule has 0 unspecified atom stereocenters. The van der Waals surface area contributed by atoms with Gasteiger partial charge in [0.25, 0.3) is 5.91 Å². The standard InChI is InChI=1S/C21H23N3O3S/c25-19(17-7-4-14-28-17)22-18(15-5-2-1-3-6-15)21(27)24-12-10-23(11-13-24)20(26)16-8-9-16/h1-7,14,16,18H,8-13H2,(H,22,25)/t18-/m0/s1. The summed E-state index contributed by atoms with van der Waals surface area (Å²) in [6, 6.07) is 12.1. The summed E-state index contributed by atoms with van der Waals surface area (Å²) in [5.74, 6) is 0.0384. The van der Waals surface area contributed by atoms with E-state index in [1.54, 1.807) is 11.0 Å². The van der Waals surface area contributed by atoms with Crippen LogP contribution in [0.1, 0.15) is 34.1 Å². The summed E-state index contributed by atoms with van der Waals surface area (Å²) < 4.78 is 0. The lowest BCUT2D eigenvalue weighted by atomic mass is 10.0. The molecule has 146 valence electrons. The maximum atomic E-state index is 13.2. The van der Waals surface area contributed by atoms with E-state index in [1.807, 2.05) is 46.7 Å². The van der Waals surface area contributed by atoms with E-state index >= 15 is 0 Å². The highest BCUT2D eigenvalue weighted by Crippen LogP contribution is 2.31. The lowest BCUT2D eigenvalue weighted by molar-refractivity contribution is -0.141. The largest absolute Gasteiger partial charge is 0.339 e. The van der Waals surface area contributed by atoms with Crippen LogP contribution in [-0.4, -0.2) is 53.7 Å². The monoisotopic (exact) mass is 397 g/mol. The molecule has 2 aliphatic rings. The number of carbonyl (C=O) groups is 3. The van der Waals surface area contributed by atoms with Gasteiger partial charge in [-0.1, -0.05) is 36.4 Å². The quantitative estimate of drug-likeness (QED) is 0.842. The predicted octanol–water partition coefficient (Wildman–Crippen LogP) is 2.30. The van der Waals surface area contributed by atoms with Crippen LogP contribution in [0.2, 0.25) is 0 Å². The summed E-state index contributed by atoms with van der Waals surface area (Å²) in [7, 11) is 0. The minimum atomic E-state index is -0.735. The number of nitrogens with zero attached hydrogens (tertiary/aromatic N) is 2. The summed E-state index contributed by atoms with van der Waals surface area (Å²) in [5, 5.41) is 4.73. The smallest absolute Gasteiger partial charge is 0.262 e. The summed E-state index contributed by atoms with van der Waals surface area (Å²) in [6.45, 7) is 2.11. The van der Waals surface area contributed by atoms with Crippen molar-refractivity contribution in [2.75, 3.05) is 26.2 Å². The van der Waals surface area contributed by atoms with Gasteiger partial charge >= 0.3 is 0 Å². The fraction of sp³-hybridized carbons (Fsp3) is 0.381. The van der Waals surface area contributed by atoms with E-state index in [4.69, 9.17) is 0 Å². The Bertz CT molecular complexity index is 841. The van der Waals surface area contributed by atoms with Crippen LogP contribution in [0.25, 0.3) is 0 Å². The highest BCUT2D eigenvalue weighted by molar-refractivity contribution is 7.12. The van der Waals surface area contributed by atoms with Gasteiger partial charge in [-0.05, 0) is 29.9 Å². The molecule has 0 bridgehead atoms. The number of piperazine rings is 1. The lowest BCUT2D eigenvalue weighted by Crippen LogP contribution is -2.53. The Morgan fingerprint density at radius 1 is 0.929 bits per heavy atom. The minimum Gasteiger partial charge on any atom is -0.339 e. The molecule has 7 heteroatoms. The van der Waals surface area contributed by atoms with Crippen LogP contribution in [0.5, 0.6) is 0 Å². The highest BCUT2D eigenvalue weighted by atomic mass is 32.1. The molecule has 4 rings (SSSR count). The Labute approximate surface area is 168 Å². The second-order valence-corrected chi connectivity index (χ2v) is 8.17. The Morgan fingerprint density at radius 2 is 1.61 bits per heavy atom. The first-order valence-electron chi connectivity index (χ1n) is 9.60. The number of nitrogens with one attached hydrogen (secondary N) is 1. The molecule has 3 amide bonds. The first-order valence-corrected chi connectivity index (χ1v) is 10.5. The second-order valence-electron chi connectivity index (χ2n) is 7.22. The summed E-state index contributed by atoms with van der Waals surface area (Å²) in [5.41, 5.74) is 0.758. The molecular formula is C21H23N3O3S. The predicted molar refractivity (Wildman–Crippen MR) is 107 cm³/mol. The molecule has 2 fully saturated rings. The van der Waals surface area contributed by atoms with Crippen LogP contribution in [0, 0.1) is 5.92 Å². The zero-order chi connectivity index (χ0) is 19.5. The number of hydrogen-bond donors (Lipinski definition) is 1. The van der Waals surface area contributed by atoms with Crippen molar-refractivity contribution >= 4 is 29.1 Å². The number of benzene rings is 1. The molecule has 28 heavy (non-hydrogen) atoms.